The zero-order chi connectivity index (χ0) is 20.2. The molecule has 154 valence electrons. The van der Waals surface area contributed by atoms with E-state index < -0.39 is 6.10 Å². The number of aliphatic hydroxyl groups excluding tert-OH is 1. The Morgan fingerprint density at radius 3 is 2.86 bits per heavy atom. The molecule has 0 aromatic heterocycles. The van der Waals surface area contributed by atoms with E-state index in [1.165, 1.54) is 7.11 Å². The Morgan fingerprint density at radius 1 is 1.32 bits per heavy atom. The molecule has 2 rings (SSSR count). The molecule has 6 heteroatoms. The number of aliphatic hydroxyl groups is 1. The zero-order valence-corrected chi connectivity index (χ0v) is 16.6. The predicted molar refractivity (Wildman–Crippen MR) is 107 cm³/mol. The van der Waals surface area contributed by atoms with Gasteiger partial charge in [0.15, 0.2) is 0 Å². The van der Waals surface area contributed by atoms with E-state index in [1.54, 1.807) is 0 Å². The van der Waals surface area contributed by atoms with Gasteiger partial charge in [-0.1, -0.05) is 42.5 Å². The van der Waals surface area contributed by atoms with E-state index in [-0.39, 0.29) is 24.5 Å². The van der Waals surface area contributed by atoms with E-state index in [0.717, 1.165) is 31.2 Å². The molecule has 0 aliphatic carbocycles. The van der Waals surface area contributed by atoms with Gasteiger partial charge in [0.25, 0.3) is 0 Å². The third kappa shape index (κ3) is 7.82. The highest BCUT2D eigenvalue weighted by molar-refractivity contribution is 5.77. The number of amides is 1. The molecule has 1 unspecified atom stereocenters. The van der Waals surface area contributed by atoms with Gasteiger partial charge in [-0.3, -0.25) is 4.79 Å². The lowest BCUT2D eigenvalue weighted by molar-refractivity contribution is -0.145. The number of hydrogen-bond acceptors (Lipinski definition) is 5. The summed E-state index contributed by atoms with van der Waals surface area (Å²) < 4.78 is 9.76. The minimum Gasteiger partial charge on any atom is -0.467 e. The van der Waals surface area contributed by atoms with Crippen LogP contribution in [0.3, 0.4) is 0 Å². The minimum absolute atomic E-state index is 0.0302. The standard InChI is InChI=1S/C22H31NO5/c1-27-22(26)17-28-15-6-5-14-23-19(10-7-11-21(23)25)12-13-20(24)16-18-8-3-2-4-9-18/h2-4,8-9,12-13,19-20,24H,5-7,10-11,14-17H2,1H3/b13-12+/t19?,20-/m0/s1. The zero-order valence-electron chi connectivity index (χ0n) is 16.6. The number of rotatable bonds is 11. The number of esters is 1. The average molecular weight is 389 g/mol. The van der Waals surface area contributed by atoms with Crippen molar-refractivity contribution in [1.29, 1.82) is 0 Å². The molecule has 6 nitrogen and oxygen atoms in total. The van der Waals surface area contributed by atoms with Crippen LogP contribution in [-0.2, 0) is 25.5 Å². The summed E-state index contributed by atoms with van der Waals surface area (Å²) in [5.41, 5.74) is 1.09. The van der Waals surface area contributed by atoms with Crippen LogP contribution in [0.2, 0.25) is 0 Å². The van der Waals surface area contributed by atoms with E-state index >= 15 is 0 Å². The van der Waals surface area contributed by atoms with E-state index in [1.807, 2.05) is 47.4 Å². The second-order valence-electron chi connectivity index (χ2n) is 7.02. The maximum Gasteiger partial charge on any atom is 0.331 e. The van der Waals surface area contributed by atoms with E-state index in [0.29, 0.717) is 26.0 Å². The lowest BCUT2D eigenvalue weighted by Crippen LogP contribution is -2.43. The summed E-state index contributed by atoms with van der Waals surface area (Å²) in [5.74, 6) is -0.223. The summed E-state index contributed by atoms with van der Waals surface area (Å²) in [6.07, 6.45) is 7.73. The number of ether oxygens (including phenoxy) is 2. The van der Waals surface area contributed by atoms with Gasteiger partial charge in [-0.05, 0) is 31.2 Å². The number of benzene rings is 1. The van der Waals surface area contributed by atoms with Crippen LogP contribution < -0.4 is 0 Å². The Balaban J connectivity index is 1.77. The Bertz CT molecular complexity index is 631. The Labute approximate surface area is 167 Å². The van der Waals surface area contributed by atoms with Crippen molar-refractivity contribution in [3.63, 3.8) is 0 Å². The fourth-order valence-electron chi connectivity index (χ4n) is 3.32. The van der Waals surface area contributed by atoms with Crippen molar-refractivity contribution in [2.45, 2.75) is 50.7 Å². The summed E-state index contributed by atoms with van der Waals surface area (Å²) in [5, 5.41) is 10.3. The molecule has 0 saturated carbocycles. The predicted octanol–water partition coefficient (Wildman–Crippen LogP) is 2.50. The third-order valence-electron chi connectivity index (χ3n) is 4.84. The lowest BCUT2D eigenvalue weighted by Gasteiger charge is -2.34. The third-order valence-corrected chi connectivity index (χ3v) is 4.84. The van der Waals surface area contributed by atoms with Gasteiger partial charge < -0.3 is 19.5 Å². The van der Waals surface area contributed by atoms with Gasteiger partial charge in [0.2, 0.25) is 5.91 Å². The summed E-state index contributed by atoms with van der Waals surface area (Å²) in [6.45, 7) is 1.08. The Kier molecular flexibility index (Phi) is 9.72. The smallest absolute Gasteiger partial charge is 0.331 e. The lowest BCUT2D eigenvalue weighted by atomic mass is 9.99. The molecule has 2 atom stereocenters. The van der Waals surface area contributed by atoms with Gasteiger partial charge in [-0.25, -0.2) is 4.79 Å². The van der Waals surface area contributed by atoms with Crippen LogP contribution in [-0.4, -0.2) is 60.9 Å². The van der Waals surface area contributed by atoms with Gasteiger partial charge >= 0.3 is 5.97 Å². The fourth-order valence-corrected chi connectivity index (χ4v) is 3.32. The van der Waals surface area contributed by atoms with Crippen molar-refractivity contribution in [3.05, 3.63) is 48.0 Å². The SMILES string of the molecule is COC(=O)COCCCCN1C(=O)CCCC1/C=C/[C@H](O)Cc1ccccc1. The maximum absolute atomic E-state index is 12.3. The number of carbonyl (C=O) groups is 2. The second-order valence-corrected chi connectivity index (χ2v) is 7.02. The fraction of sp³-hybridized carbons (Fsp3) is 0.545. The van der Waals surface area contributed by atoms with Gasteiger partial charge in [0, 0.05) is 26.0 Å². The monoisotopic (exact) mass is 389 g/mol. The van der Waals surface area contributed by atoms with Crippen molar-refractivity contribution < 1.29 is 24.2 Å². The maximum atomic E-state index is 12.3. The molecular formula is C22H31NO5. The van der Waals surface area contributed by atoms with E-state index in [4.69, 9.17) is 4.74 Å². The molecular weight excluding hydrogens is 358 g/mol. The van der Waals surface area contributed by atoms with Crippen LogP contribution in [0.5, 0.6) is 0 Å². The molecule has 1 aromatic carbocycles. The van der Waals surface area contributed by atoms with E-state index in [9.17, 15) is 14.7 Å². The van der Waals surface area contributed by atoms with Crippen LogP contribution in [0, 0.1) is 0 Å². The molecule has 0 spiro atoms. The van der Waals surface area contributed by atoms with Crippen LogP contribution >= 0.6 is 0 Å². The summed E-state index contributed by atoms with van der Waals surface area (Å²) >= 11 is 0. The topological polar surface area (TPSA) is 76.1 Å². The highest BCUT2D eigenvalue weighted by Crippen LogP contribution is 2.20. The van der Waals surface area contributed by atoms with Crippen molar-refractivity contribution in [2.24, 2.45) is 0 Å². The quantitative estimate of drug-likeness (QED) is 0.357. The Morgan fingerprint density at radius 2 is 2.11 bits per heavy atom. The van der Waals surface area contributed by atoms with Crippen molar-refractivity contribution >= 4 is 11.9 Å². The van der Waals surface area contributed by atoms with Crippen molar-refractivity contribution in [3.8, 4) is 0 Å². The molecule has 1 aliphatic rings. The number of methoxy groups -OCH3 is 1. The number of piperidine rings is 1. The van der Waals surface area contributed by atoms with Crippen molar-refractivity contribution in [1.82, 2.24) is 4.90 Å². The minimum atomic E-state index is -0.562. The first-order chi connectivity index (χ1) is 13.6. The number of carbonyl (C=O) groups excluding carboxylic acids is 2. The molecule has 1 aromatic rings. The van der Waals surface area contributed by atoms with Gasteiger partial charge in [0.1, 0.15) is 6.61 Å². The number of hydrogen-bond donors (Lipinski definition) is 1. The Hall–Kier alpha value is -2.18. The summed E-state index contributed by atoms with van der Waals surface area (Å²) in [4.78, 5) is 25.2. The number of nitrogens with zero attached hydrogens (tertiary/aromatic N) is 1. The largest absolute Gasteiger partial charge is 0.467 e. The number of unbranched alkanes of at least 4 members (excludes halogenated alkanes) is 1. The van der Waals surface area contributed by atoms with Gasteiger partial charge in [-0.2, -0.15) is 0 Å². The molecule has 1 aliphatic heterocycles. The molecule has 1 saturated heterocycles. The summed E-state index contributed by atoms with van der Waals surface area (Å²) in [6, 6.07) is 9.90. The molecule has 1 N–H and O–H groups in total. The molecule has 1 amide bonds. The van der Waals surface area contributed by atoms with Crippen LogP contribution in [0.4, 0.5) is 0 Å². The molecule has 28 heavy (non-hydrogen) atoms. The van der Waals surface area contributed by atoms with E-state index in [2.05, 4.69) is 4.74 Å². The van der Waals surface area contributed by atoms with Crippen molar-refractivity contribution in [2.75, 3.05) is 26.9 Å². The van der Waals surface area contributed by atoms with Crippen LogP contribution in [0.1, 0.15) is 37.7 Å². The molecule has 0 radical (unpaired) electrons. The second kappa shape index (κ2) is 12.3. The molecule has 1 fully saturated rings. The first kappa shape index (κ1) is 22.1. The highest BCUT2D eigenvalue weighted by Gasteiger charge is 2.25. The normalized spacial score (nSPS) is 18.4. The van der Waals surface area contributed by atoms with Gasteiger partial charge in [0.05, 0.1) is 19.3 Å². The summed E-state index contributed by atoms with van der Waals surface area (Å²) in [7, 11) is 1.33. The molecule has 1 heterocycles. The first-order valence-electron chi connectivity index (χ1n) is 9.94. The average Bonchev–Trinajstić information content (AvgIpc) is 2.70. The van der Waals surface area contributed by atoms with Gasteiger partial charge in [-0.15, -0.1) is 0 Å². The van der Waals surface area contributed by atoms with Crippen LogP contribution in [0.15, 0.2) is 42.5 Å². The first-order valence-corrected chi connectivity index (χ1v) is 9.94. The van der Waals surface area contributed by atoms with Crippen LogP contribution in [0.25, 0.3) is 0 Å². The number of likely N-dealkylation sites (tertiary alicyclic amines) is 1. The highest BCUT2D eigenvalue weighted by atomic mass is 16.6. The molecule has 0 bridgehead atoms.